The number of benzene rings is 3. The van der Waals surface area contributed by atoms with Crippen molar-refractivity contribution in [2.24, 2.45) is 0 Å². The lowest BCUT2D eigenvalue weighted by atomic mass is 10.3. The number of nitrogens with zero attached hydrogens (tertiary/aromatic N) is 2. The number of rotatable bonds is 13. The third kappa shape index (κ3) is 7.73. The molecular weight excluding hydrogens is 605 g/mol. The zero-order valence-corrected chi connectivity index (χ0v) is 25.2. The number of sulfonamides is 2. The fourth-order valence-corrected chi connectivity index (χ4v) is 7.06. The summed E-state index contributed by atoms with van der Waals surface area (Å²) < 4.78 is 89.8. The number of nitrogens with one attached hydrogen (secondary N) is 1. The molecule has 1 heterocycles. The first-order valence-corrected chi connectivity index (χ1v) is 16.0. The van der Waals surface area contributed by atoms with Crippen LogP contribution >= 0.6 is 0 Å². The lowest BCUT2D eigenvalue weighted by molar-refractivity contribution is -0.119. The standard InChI is InChI=1S/C28H32FN3O9S2/c1-38-26-12-11-25(19-27(26)39-2)43(36,37)32(22-5-3-21(29)4-6-22)20-28(33)30-13-16-41-23-7-9-24(10-8-23)42(34,35)31-14-17-40-18-15-31/h3-12,19H,13-18,20H2,1-2H3,(H,30,33). The van der Waals surface area contributed by atoms with Gasteiger partial charge in [0, 0.05) is 19.2 Å². The van der Waals surface area contributed by atoms with E-state index < -0.39 is 38.3 Å². The second-order valence-electron chi connectivity index (χ2n) is 9.19. The highest BCUT2D eigenvalue weighted by Crippen LogP contribution is 2.32. The quantitative estimate of drug-likeness (QED) is 0.280. The van der Waals surface area contributed by atoms with Crippen LogP contribution in [0.3, 0.4) is 0 Å². The van der Waals surface area contributed by atoms with Gasteiger partial charge in [0.2, 0.25) is 15.9 Å². The van der Waals surface area contributed by atoms with E-state index in [1.54, 1.807) is 0 Å². The molecular formula is C28H32FN3O9S2. The van der Waals surface area contributed by atoms with E-state index >= 15 is 0 Å². The van der Waals surface area contributed by atoms with Gasteiger partial charge in [0.1, 0.15) is 24.7 Å². The van der Waals surface area contributed by atoms with Gasteiger partial charge >= 0.3 is 0 Å². The smallest absolute Gasteiger partial charge is 0.264 e. The Labute approximate surface area is 250 Å². The molecule has 1 fully saturated rings. The van der Waals surface area contributed by atoms with Gasteiger partial charge in [0.15, 0.2) is 11.5 Å². The zero-order valence-electron chi connectivity index (χ0n) is 23.6. The number of hydrogen-bond acceptors (Lipinski definition) is 9. The van der Waals surface area contributed by atoms with Crippen molar-refractivity contribution in [3.8, 4) is 17.2 Å². The molecule has 0 bridgehead atoms. The average molecular weight is 638 g/mol. The van der Waals surface area contributed by atoms with Gasteiger partial charge in [-0.3, -0.25) is 9.10 Å². The molecule has 232 valence electrons. The van der Waals surface area contributed by atoms with E-state index in [4.69, 9.17) is 18.9 Å². The zero-order chi connectivity index (χ0) is 31.0. The molecule has 12 nitrogen and oxygen atoms in total. The van der Waals surface area contributed by atoms with E-state index in [9.17, 15) is 26.0 Å². The lowest BCUT2D eigenvalue weighted by Crippen LogP contribution is -2.42. The second-order valence-corrected chi connectivity index (χ2v) is 13.0. The third-order valence-corrected chi connectivity index (χ3v) is 10.2. The van der Waals surface area contributed by atoms with Gasteiger partial charge < -0.3 is 24.3 Å². The molecule has 1 aliphatic heterocycles. The number of halogens is 1. The van der Waals surface area contributed by atoms with E-state index in [-0.39, 0.29) is 47.5 Å². The minimum absolute atomic E-state index is 0.0281. The first-order chi connectivity index (χ1) is 20.6. The number of carbonyl (C=O) groups excluding carboxylic acids is 1. The summed E-state index contributed by atoms with van der Waals surface area (Å²) in [4.78, 5) is 12.8. The summed E-state index contributed by atoms with van der Waals surface area (Å²) in [6.07, 6.45) is 0. The van der Waals surface area contributed by atoms with Gasteiger partial charge in [-0.25, -0.2) is 21.2 Å². The second kappa shape index (κ2) is 14.0. The Balaban J connectivity index is 1.39. The van der Waals surface area contributed by atoms with Gasteiger partial charge in [0.25, 0.3) is 10.0 Å². The number of anilines is 1. The normalized spacial score (nSPS) is 14.1. The van der Waals surface area contributed by atoms with Gasteiger partial charge in [-0.15, -0.1) is 0 Å². The minimum atomic E-state index is -4.29. The average Bonchev–Trinajstić information content (AvgIpc) is 3.02. The van der Waals surface area contributed by atoms with Crippen LogP contribution in [0.15, 0.2) is 76.5 Å². The van der Waals surface area contributed by atoms with E-state index in [1.165, 1.54) is 73.1 Å². The Morgan fingerprint density at radius 3 is 2.16 bits per heavy atom. The predicted octanol–water partition coefficient (Wildman–Crippen LogP) is 2.25. The van der Waals surface area contributed by atoms with Crippen molar-refractivity contribution in [3.05, 3.63) is 72.5 Å². The van der Waals surface area contributed by atoms with Crippen LogP contribution in [0.2, 0.25) is 0 Å². The van der Waals surface area contributed by atoms with Crippen molar-refractivity contribution in [3.63, 3.8) is 0 Å². The van der Waals surface area contributed by atoms with Crippen molar-refractivity contribution >= 4 is 31.6 Å². The lowest BCUT2D eigenvalue weighted by Gasteiger charge is -2.26. The van der Waals surface area contributed by atoms with Crippen molar-refractivity contribution in [1.82, 2.24) is 9.62 Å². The van der Waals surface area contributed by atoms with Crippen LogP contribution in [0.5, 0.6) is 17.2 Å². The van der Waals surface area contributed by atoms with Gasteiger partial charge in [-0.05, 0) is 60.7 Å². The van der Waals surface area contributed by atoms with Crippen LogP contribution in [0.1, 0.15) is 0 Å². The fraction of sp³-hybridized carbons (Fsp3) is 0.321. The summed E-state index contributed by atoms with van der Waals surface area (Å²) in [7, 11) is -5.15. The summed E-state index contributed by atoms with van der Waals surface area (Å²) in [6, 6.07) is 14.6. The van der Waals surface area contributed by atoms with Crippen LogP contribution in [-0.2, 0) is 29.6 Å². The monoisotopic (exact) mass is 637 g/mol. The topological polar surface area (TPSA) is 141 Å². The summed E-state index contributed by atoms with van der Waals surface area (Å²) in [5.74, 6) is -0.319. The molecule has 3 aromatic rings. The van der Waals surface area contributed by atoms with Crippen molar-refractivity contribution in [2.45, 2.75) is 9.79 Å². The van der Waals surface area contributed by atoms with Crippen LogP contribution in [0.25, 0.3) is 0 Å². The number of hydrogen-bond donors (Lipinski definition) is 1. The molecule has 0 unspecified atom stereocenters. The Bertz CT molecular complexity index is 1610. The molecule has 4 rings (SSSR count). The molecule has 1 aliphatic rings. The van der Waals surface area contributed by atoms with Gasteiger partial charge in [-0.1, -0.05) is 0 Å². The molecule has 3 aromatic carbocycles. The maximum atomic E-state index is 13.6. The van der Waals surface area contributed by atoms with Gasteiger partial charge in [0.05, 0.1) is 49.5 Å². The third-order valence-electron chi connectivity index (χ3n) is 6.47. The molecule has 0 saturated carbocycles. The molecule has 15 heteroatoms. The number of amides is 1. The highest BCUT2D eigenvalue weighted by atomic mass is 32.2. The number of morpholine rings is 1. The molecule has 1 amide bonds. The van der Waals surface area contributed by atoms with Crippen LogP contribution in [0.4, 0.5) is 10.1 Å². The summed E-state index contributed by atoms with van der Waals surface area (Å²) in [5.41, 5.74) is 0.0784. The summed E-state index contributed by atoms with van der Waals surface area (Å²) in [5, 5.41) is 2.60. The Hall–Kier alpha value is -3.92. The van der Waals surface area contributed by atoms with Crippen molar-refractivity contribution in [2.75, 3.05) is 64.5 Å². The molecule has 0 spiro atoms. The van der Waals surface area contributed by atoms with Gasteiger partial charge in [-0.2, -0.15) is 4.31 Å². The predicted molar refractivity (Wildman–Crippen MR) is 155 cm³/mol. The largest absolute Gasteiger partial charge is 0.493 e. The molecule has 0 atom stereocenters. The first-order valence-electron chi connectivity index (χ1n) is 13.1. The van der Waals surface area contributed by atoms with E-state index in [0.717, 1.165) is 16.4 Å². The molecule has 43 heavy (non-hydrogen) atoms. The SMILES string of the molecule is COc1ccc(S(=O)(=O)N(CC(=O)NCCOc2ccc(S(=O)(=O)N3CCOCC3)cc2)c2ccc(F)cc2)cc1OC. The minimum Gasteiger partial charge on any atom is -0.493 e. The molecule has 0 radical (unpaired) electrons. The maximum Gasteiger partial charge on any atom is 0.264 e. The highest BCUT2D eigenvalue weighted by Gasteiger charge is 2.29. The van der Waals surface area contributed by atoms with Crippen molar-refractivity contribution in [1.29, 1.82) is 0 Å². The number of ether oxygens (including phenoxy) is 4. The molecule has 1 saturated heterocycles. The number of carbonyl (C=O) groups is 1. The Morgan fingerprint density at radius 2 is 1.53 bits per heavy atom. The van der Waals surface area contributed by atoms with E-state index in [1.807, 2.05) is 0 Å². The first kappa shape index (κ1) is 32.0. The van der Waals surface area contributed by atoms with Crippen LogP contribution < -0.4 is 23.8 Å². The van der Waals surface area contributed by atoms with Crippen LogP contribution in [0, 0.1) is 5.82 Å². The summed E-state index contributed by atoms with van der Waals surface area (Å²) >= 11 is 0. The Morgan fingerprint density at radius 1 is 0.907 bits per heavy atom. The fourth-order valence-electron chi connectivity index (χ4n) is 4.22. The molecule has 1 N–H and O–H groups in total. The highest BCUT2D eigenvalue weighted by molar-refractivity contribution is 7.92. The van der Waals surface area contributed by atoms with E-state index in [2.05, 4.69) is 5.32 Å². The molecule has 0 aliphatic carbocycles. The van der Waals surface area contributed by atoms with Crippen LogP contribution in [-0.4, -0.2) is 87.3 Å². The molecule has 0 aromatic heterocycles. The maximum absolute atomic E-state index is 13.6. The van der Waals surface area contributed by atoms with Crippen molar-refractivity contribution < 1.29 is 45.0 Å². The Kier molecular flexibility index (Phi) is 10.4. The number of methoxy groups -OCH3 is 2. The summed E-state index contributed by atoms with van der Waals surface area (Å²) in [6.45, 7) is 0.714. The van der Waals surface area contributed by atoms with E-state index in [0.29, 0.717) is 24.7 Å².